The van der Waals surface area contributed by atoms with E-state index in [1.165, 1.54) is 6.42 Å². The average Bonchev–Trinajstić information content (AvgIpc) is 3.26. The highest BCUT2D eigenvalue weighted by Crippen LogP contribution is 2.65. The minimum absolute atomic E-state index is 0.0124. The molecule has 3 N–H and O–H groups in total. The van der Waals surface area contributed by atoms with Crippen LogP contribution >= 0.6 is 0 Å². The highest BCUT2D eigenvalue weighted by Gasteiger charge is 2.61. The summed E-state index contributed by atoms with van der Waals surface area (Å²) < 4.78 is 0. The number of piperidine rings is 1. The molecule has 1 saturated heterocycles. The SMILES string of the molecule is C[C@]12CCC(=O)NC1CC[C@@H]1[C@H]2CC[C@]2(C)C(C(=O)NC(c3ccccc3)c3ccc(O)cc3)CC[C@@H]12. The van der Waals surface area contributed by atoms with E-state index in [0.29, 0.717) is 30.2 Å². The third-order valence-corrected chi connectivity index (χ3v) is 11.1. The first-order valence-corrected chi connectivity index (χ1v) is 14.2. The molecule has 5 heteroatoms. The fraction of sp³-hybridized carbons (Fsp3) is 0.562. The summed E-state index contributed by atoms with van der Waals surface area (Å²) in [7, 11) is 0. The molecule has 2 aromatic rings. The first-order chi connectivity index (χ1) is 17.8. The number of fused-ring (bicyclic) bond motifs is 5. The second-order valence-corrected chi connectivity index (χ2v) is 12.7. The Morgan fingerprint density at radius 3 is 2.35 bits per heavy atom. The number of carbonyl (C=O) groups excluding carboxylic acids is 2. The van der Waals surface area contributed by atoms with Crippen LogP contribution in [0.3, 0.4) is 0 Å². The van der Waals surface area contributed by atoms with Crippen LogP contribution in [-0.2, 0) is 9.59 Å². The number of phenolic OH excluding ortho intramolecular Hbond substituents is 1. The van der Waals surface area contributed by atoms with Gasteiger partial charge in [0.1, 0.15) is 5.75 Å². The van der Waals surface area contributed by atoms with Crippen molar-refractivity contribution in [3.8, 4) is 5.75 Å². The van der Waals surface area contributed by atoms with Crippen molar-refractivity contribution >= 4 is 11.8 Å². The summed E-state index contributed by atoms with van der Waals surface area (Å²) in [5.41, 5.74) is 2.24. The molecule has 0 aromatic heterocycles. The van der Waals surface area contributed by atoms with Crippen LogP contribution in [-0.4, -0.2) is 23.0 Å². The minimum atomic E-state index is -0.242. The Morgan fingerprint density at radius 2 is 1.59 bits per heavy atom. The summed E-state index contributed by atoms with van der Waals surface area (Å²) in [6.45, 7) is 4.82. The third kappa shape index (κ3) is 4.06. The first kappa shape index (κ1) is 24.5. The van der Waals surface area contributed by atoms with E-state index in [-0.39, 0.29) is 40.4 Å². The molecule has 196 valence electrons. The number of aromatic hydroxyl groups is 1. The summed E-state index contributed by atoms with van der Waals surface area (Å²) in [5, 5.41) is 16.6. The Morgan fingerprint density at radius 1 is 0.892 bits per heavy atom. The molecule has 3 aliphatic carbocycles. The van der Waals surface area contributed by atoms with Gasteiger partial charge in [0.2, 0.25) is 11.8 Å². The maximum Gasteiger partial charge on any atom is 0.224 e. The quantitative estimate of drug-likeness (QED) is 0.501. The summed E-state index contributed by atoms with van der Waals surface area (Å²) in [6, 6.07) is 17.4. The van der Waals surface area contributed by atoms with Crippen LogP contribution < -0.4 is 10.6 Å². The van der Waals surface area contributed by atoms with Gasteiger partial charge in [0.05, 0.1) is 6.04 Å². The van der Waals surface area contributed by atoms with Crippen LogP contribution in [0.25, 0.3) is 0 Å². The lowest BCUT2D eigenvalue weighted by Gasteiger charge is -2.60. The topological polar surface area (TPSA) is 78.4 Å². The van der Waals surface area contributed by atoms with Crippen molar-refractivity contribution in [1.29, 1.82) is 0 Å². The predicted molar refractivity (Wildman–Crippen MR) is 144 cm³/mol. The van der Waals surface area contributed by atoms with E-state index < -0.39 is 0 Å². The maximum atomic E-state index is 14.0. The lowest BCUT2D eigenvalue weighted by Crippen LogP contribution is -2.61. The molecule has 5 nitrogen and oxygen atoms in total. The number of phenols is 1. The van der Waals surface area contributed by atoms with Gasteiger partial charge in [0, 0.05) is 18.4 Å². The molecule has 4 aliphatic rings. The Hall–Kier alpha value is -2.82. The van der Waals surface area contributed by atoms with Gasteiger partial charge in [-0.05, 0) is 96.8 Å². The predicted octanol–water partition coefficient (Wildman–Crippen LogP) is 5.74. The van der Waals surface area contributed by atoms with Gasteiger partial charge < -0.3 is 15.7 Å². The molecule has 3 unspecified atom stereocenters. The average molecular weight is 501 g/mol. The van der Waals surface area contributed by atoms with Gasteiger partial charge in [0.15, 0.2) is 0 Å². The molecule has 37 heavy (non-hydrogen) atoms. The third-order valence-electron chi connectivity index (χ3n) is 11.1. The summed E-state index contributed by atoms with van der Waals surface area (Å²) >= 11 is 0. The number of hydrogen-bond donors (Lipinski definition) is 3. The largest absolute Gasteiger partial charge is 0.508 e. The molecule has 0 radical (unpaired) electrons. The number of amides is 2. The standard InChI is InChI=1S/C32H40N2O3/c1-31-18-16-25-23(12-15-27-32(25,2)19-17-28(36)33-27)24(31)13-14-26(31)30(37)34-29(20-6-4-3-5-7-20)21-8-10-22(35)11-9-21/h3-11,23-27,29,35H,12-19H2,1-2H3,(H,33,36)(H,34,37)/t23-,24-,25+,26?,27?,29?,31-,32+/m0/s1. The van der Waals surface area contributed by atoms with Crippen molar-refractivity contribution in [3.05, 3.63) is 65.7 Å². The van der Waals surface area contributed by atoms with Crippen LogP contribution in [0.4, 0.5) is 0 Å². The van der Waals surface area contributed by atoms with E-state index in [4.69, 9.17) is 0 Å². The zero-order valence-electron chi connectivity index (χ0n) is 22.1. The van der Waals surface area contributed by atoms with Gasteiger partial charge in [-0.3, -0.25) is 9.59 Å². The molecule has 4 fully saturated rings. The van der Waals surface area contributed by atoms with E-state index in [2.05, 4.69) is 36.6 Å². The Kier molecular flexibility index (Phi) is 6.08. The molecule has 0 spiro atoms. The number of benzene rings is 2. The highest BCUT2D eigenvalue weighted by molar-refractivity contribution is 5.81. The van der Waals surface area contributed by atoms with Gasteiger partial charge in [-0.1, -0.05) is 56.3 Å². The minimum Gasteiger partial charge on any atom is -0.508 e. The monoisotopic (exact) mass is 500 g/mol. The fourth-order valence-electron chi connectivity index (χ4n) is 9.05. The van der Waals surface area contributed by atoms with Crippen molar-refractivity contribution in [2.75, 3.05) is 0 Å². The van der Waals surface area contributed by atoms with Gasteiger partial charge in [-0.25, -0.2) is 0 Å². The molecule has 2 aromatic carbocycles. The second kappa shape index (κ2) is 9.18. The molecule has 6 rings (SSSR count). The number of rotatable bonds is 4. The lowest BCUT2D eigenvalue weighted by molar-refractivity contribution is -0.141. The normalized spacial score (nSPS) is 37.5. The zero-order valence-corrected chi connectivity index (χ0v) is 22.1. The molecule has 8 atom stereocenters. The van der Waals surface area contributed by atoms with Crippen LogP contribution in [0.1, 0.15) is 82.4 Å². The van der Waals surface area contributed by atoms with E-state index in [9.17, 15) is 14.7 Å². The van der Waals surface area contributed by atoms with Gasteiger partial charge in [-0.2, -0.15) is 0 Å². The van der Waals surface area contributed by atoms with Crippen LogP contribution in [0.15, 0.2) is 54.6 Å². The Bertz CT molecular complexity index is 1160. The smallest absolute Gasteiger partial charge is 0.224 e. The van der Waals surface area contributed by atoms with E-state index in [0.717, 1.165) is 49.7 Å². The summed E-state index contributed by atoms with van der Waals surface area (Å²) in [5.74, 6) is 2.48. The van der Waals surface area contributed by atoms with Crippen LogP contribution in [0.2, 0.25) is 0 Å². The van der Waals surface area contributed by atoms with Gasteiger partial charge in [0.25, 0.3) is 0 Å². The van der Waals surface area contributed by atoms with E-state index >= 15 is 0 Å². The molecule has 3 saturated carbocycles. The Labute approximate surface area is 220 Å². The Balaban J connectivity index is 1.23. The maximum absolute atomic E-state index is 14.0. The molecule has 1 heterocycles. The van der Waals surface area contributed by atoms with Crippen molar-refractivity contribution < 1.29 is 14.7 Å². The second-order valence-electron chi connectivity index (χ2n) is 12.7. The zero-order chi connectivity index (χ0) is 25.8. The molecule has 1 aliphatic heterocycles. The van der Waals surface area contributed by atoms with Crippen molar-refractivity contribution in [1.82, 2.24) is 10.6 Å². The fourth-order valence-corrected chi connectivity index (χ4v) is 9.05. The lowest BCUT2D eigenvalue weighted by atomic mass is 9.47. The van der Waals surface area contributed by atoms with Crippen LogP contribution in [0.5, 0.6) is 5.75 Å². The number of nitrogens with one attached hydrogen (secondary N) is 2. The number of carbonyl (C=O) groups is 2. The van der Waals surface area contributed by atoms with E-state index in [1.54, 1.807) is 12.1 Å². The van der Waals surface area contributed by atoms with Gasteiger partial charge >= 0.3 is 0 Å². The van der Waals surface area contributed by atoms with Gasteiger partial charge in [-0.15, -0.1) is 0 Å². The molecule has 2 amide bonds. The van der Waals surface area contributed by atoms with Crippen molar-refractivity contribution in [2.24, 2.45) is 34.5 Å². The summed E-state index contributed by atoms with van der Waals surface area (Å²) in [4.78, 5) is 26.1. The first-order valence-electron chi connectivity index (χ1n) is 14.2. The van der Waals surface area contributed by atoms with Crippen molar-refractivity contribution in [3.63, 3.8) is 0 Å². The highest BCUT2D eigenvalue weighted by atomic mass is 16.3. The molecular weight excluding hydrogens is 460 g/mol. The summed E-state index contributed by atoms with van der Waals surface area (Å²) in [6.07, 6.45) is 8.21. The molecule has 0 bridgehead atoms. The van der Waals surface area contributed by atoms with Crippen LogP contribution in [0, 0.1) is 34.5 Å². The van der Waals surface area contributed by atoms with Crippen molar-refractivity contribution in [2.45, 2.75) is 77.3 Å². The number of hydrogen-bond acceptors (Lipinski definition) is 3. The van der Waals surface area contributed by atoms with E-state index in [1.807, 2.05) is 30.3 Å². The molecular formula is C32H40N2O3.